The van der Waals surface area contributed by atoms with Crippen LogP contribution in [0.3, 0.4) is 0 Å². The number of nitrogens with zero attached hydrogens (tertiary/aromatic N) is 4. The molecule has 0 fully saturated rings. The van der Waals surface area contributed by atoms with Crippen molar-refractivity contribution in [3.63, 3.8) is 0 Å². The molecule has 3 rings (SSSR count). The zero-order valence-corrected chi connectivity index (χ0v) is 12.2. The van der Waals surface area contributed by atoms with E-state index in [0.717, 1.165) is 11.3 Å². The summed E-state index contributed by atoms with van der Waals surface area (Å²) in [5.74, 6) is 0.651. The normalized spacial score (nSPS) is 11.0. The summed E-state index contributed by atoms with van der Waals surface area (Å²) in [5.41, 5.74) is 2.34. The lowest BCUT2D eigenvalue weighted by molar-refractivity contribution is 0.188. The number of benzene rings is 1. The Bertz CT molecular complexity index is 758. The summed E-state index contributed by atoms with van der Waals surface area (Å²) in [6.45, 7) is 1.30. The Morgan fingerprint density at radius 1 is 1.29 bits per heavy atom. The van der Waals surface area contributed by atoms with Gasteiger partial charge in [0.15, 0.2) is 17.0 Å². The Morgan fingerprint density at radius 3 is 3.00 bits per heavy atom. The molecule has 0 bridgehead atoms. The van der Waals surface area contributed by atoms with Gasteiger partial charge in [0, 0.05) is 24.4 Å². The van der Waals surface area contributed by atoms with Crippen LogP contribution in [0.25, 0.3) is 11.2 Å². The zero-order valence-electron chi connectivity index (χ0n) is 11.5. The summed E-state index contributed by atoms with van der Waals surface area (Å²) < 4.78 is 7.02. The van der Waals surface area contributed by atoms with Crippen molar-refractivity contribution in [1.82, 2.24) is 19.5 Å². The summed E-state index contributed by atoms with van der Waals surface area (Å²) in [5, 5.41) is 3.88. The van der Waals surface area contributed by atoms with Crippen molar-refractivity contribution in [2.24, 2.45) is 0 Å². The number of fused-ring (bicyclic) bond motifs is 1. The monoisotopic (exact) mass is 303 g/mol. The molecule has 1 N–H and O–H groups in total. The second kappa shape index (κ2) is 6.07. The van der Waals surface area contributed by atoms with Crippen LogP contribution in [0.2, 0.25) is 5.02 Å². The molecule has 0 amide bonds. The Kier molecular flexibility index (Phi) is 3.98. The first kappa shape index (κ1) is 13.8. The molecular formula is C14H14ClN5O. The molecule has 21 heavy (non-hydrogen) atoms. The molecule has 6 nitrogen and oxygen atoms in total. The maximum absolute atomic E-state index is 5.98. The van der Waals surface area contributed by atoms with Gasteiger partial charge in [0.2, 0.25) is 0 Å². The number of nitrogens with one attached hydrogen (secondary N) is 1. The van der Waals surface area contributed by atoms with Gasteiger partial charge in [-0.15, -0.1) is 0 Å². The second-order valence-electron chi connectivity index (χ2n) is 4.46. The molecule has 108 valence electrons. The van der Waals surface area contributed by atoms with Crippen LogP contribution in [0.1, 0.15) is 0 Å². The quantitative estimate of drug-likeness (QED) is 0.785. The second-order valence-corrected chi connectivity index (χ2v) is 4.90. The van der Waals surface area contributed by atoms with Crippen molar-refractivity contribution in [3.05, 3.63) is 41.9 Å². The van der Waals surface area contributed by atoms with Crippen LogP contribution in [-0.4, -0.2) is 33.2 Å². The van der Waals surface area contributed by atoms with Crippen LogP contribution in [0, 0.1) is 0 Å². The standard InChI is InChI=1S/C14H14ClN5O/c1-21-6-5-20-9-18-12-13(16-8-17-14(12)20)19-11-4-2-3-10(15)7-11/h2-4,7-9H,5-6H2,1H3,(H,16,17,19). The fraction of sp³-hybridized carbons (Fsp3) is 0.214. The van der Waals surface area contributed by atoms with E-state index in [0.29, 0.717) is 29.5 Å². The van der Waals surface area contributed by atoms with Crippen molar-refractivity contribution < 1.29 is 4.74 Å². The number of anilines is 2. The summed E-state index contributed by atoms with van der Waals surface area (Å²) >= 11 is 5.98. The molecule has 3 aromatic rings. The van der Waals surface area contributed by atoms with Crippen LogP contribution >= 0.6 is 11.6 Å². The summed E-state index contributed by atoms with van der Waals surface area (Å²) in [6.07, 6.45) is 3.25. The Hall–Kier alpha value is -2.18. The maximum atomic E-state index is 5.98. The predicted molar refractivity (Wildman–Crippen MR) is 81.9 cm³/mol. The minimum absolute atomic E-state index is 0.604. The molecule has 1 aromatic carbocycles. The smallest absolute Gasteiger partial charge is 0.165 e. The molecule has 0 atom stereocenters. The molecule has 7 heteroatoms. The minimum atomic E-state index is 0.604. The zero-order chi connectivity index (χ0) is 14.7. The third kappa shape index (κ3) is 2.96. The molecule has 0 saturated heterocycles. The average Bonchev–Trinajstić information content (AvgIpc) is 2.89. The Balaban J connectivity index is 1.94. The number of hydrogen-bond acceptors (Lipinski definition) is 5. The molecule has 0 radical (unpaired) electrons. The van der Waals surface area contributed by atoms with Crippen LogP contribution < -0.4 is 5.32 Å². The lowest BCUT2D eigenvalue weighted by atomic mass is 10.3. The van der Waals surface area contributed by atoms with Gasteiger partial charge in [-0.1, -0.05) is 17.7 Å². The molecular weight excluding hydrogens is 290 g/mol. The molecule has 2 aromatic heterocycles. The van der Waals surface area contributed by atoms with Crippen molar-refractivity contribution in [1.29, 1.82) is 0 Å². The van der Waals surface area contributed by atoms with E-state index in [1.165, 1.54) is 6.33 Å². The van der Waals surface area contributed by atoms with Gasteiger partial charge in [0.05, 0.1) is 12.9 Å². The summed E-state index contributed by atoms with van der Waals surface area (Å²) in [7, 11) is 1.67. The molecule has 0 saturated carbocycles. The average molecular weight is 304 g/mol. The highest BCUT2D eigenvalue weighted by Crippen LogP contribution is 2.23. The molecule has 0 aliphatic heterocycles. The SMILES string of the molecule is COCCn1cnc2c(Nc3cccc(Cl)c3)ncnc21. The molecule has 0 spiro atoms. The van der Waals surface area contributed by atoms with Crippen molar-refractivity contribution >= 4 is 34.3 Å². The first-order valence-electron chi connectivity index (χ1n) is 6.45. The van der Waals surface area contributed by atoms with E-state index in [4.69, 9.17) is 16.3 Å². The molecule has 2 heterocycles. The van der Waals surface area contributed by atoms with Gasteiger partial charge >= 0.3 is 0 Å². The van der Waals surface area contributed by atoms with Crippen LogP contribution in [0.5, 0.6) is 0 Å². The lowest BCUT2D eigenvalue weighted by Gasteiger charge is -2.07. The van der Waals surface area contributed by atoms with Crippen LogP contribution in [0.15, 0.2) is 36.9 Å². The number of aromatic nitrogens is 4. The topological polar surface area (TPSA) is 64.9 Å². The largest absolute Gasteiger partial charge is 0.383 e. The third-order valence-electron chi connectivity index (χ3n) is 3.02. The van der Waals surface area contributed by atoms with E-state index in [1.54, 1.807) is 13.4 Å². The number of halogens is 1. The van der Waals surface area contributed by atoms with E-state index in [2.05, 4.69) is 20.3 Å². The van der Waals surface area contributed by atoms with Gasteiger partial charge in [-0.3, -0.25) is 0 Å². The van der Waals surface area contributed by atoms with E-state index in [1.807, 2.05) is 28.8 Å². The summed E-state index contributed by atoms with van der Waals surface area (Å²) in [4.78, 5) is 12.9. The highest BCUT2D eigenvalue weighted by molar-refractivity contribution is 6.30. The maximum Gasteiger partial charge on any atom is 0.165 e. The number of methoxy groups -OCH3 is 1. The van der Waals surface area contributed by atoms with Crippen LogP contribution in [0.4, 0.5) is 11.5 Å². The van der Waals surface area contributed by atoms with Gasteiger partial charge in [0.1, 0.15) is 6.33 Å². The van der Waals surface area contributed by atoms with Gasteiger partial charge in [0.25, 0.3) is 0 Å². The number of imidazole rings is 1. The van der Waals surface area contributed by atoms with E-state index in [-0.39, 0.29) is 0 Å². The highest BCUT2D eigenvalue weighted by atomic mass is 35.5. The number of rotatable bonds is 5. The first-order valence-corrected chi connectivity index (χ1v) is 6.83. The number of hydrogen-bond donors (Lipinski definition) is 1. The first-order chi connectivity index (χ1) is 10.3. The predicted octanol–water partition coefficient (Wildman–Crippen LogP) is 2.87. The molecule has 0 aliphatic carbocycles. The fourth-order valence-corrected chi connectivity index (χ4v) is 2.22. The van der Waals surface area contributed by atoms with Crippen LogP contribution in [-0.2, 0) is 11.3 Å². The Morgan fingerprint density at radius 2 is 2.19 bits per heavy atom. The van der Waals surface area contributed by atoms with Gasteiger partial charge in [-0.05, 0) is 18.2 Å². The molecule has 0 unspecified atom stereocenters. The molecule has 0 aliphatic rings. The lowest BCUT2D eigenvalue weighted by Crippen LogP contribution is -2.04. The van der Waals surface area contributed by atoms with Gasteiger partial charge < -0.3 is 14.6 Å². The van der Waals surface area contributed by atoms with Crippen molar-refractivity contribution in [2.45, 2.75) is 6.54 Å². The summed E-state index contributed by atoms with van der Waals surface area (Å²) in [6, 6.07) is 7.45. The van der Waals surface area contributed by atoms with E-state index >= 15 is 0 Å². The van der Waals surface area contributed by atoms with E-state index in [9.17, 15) is 0 Å². The van der Waals surface area contributed by atoms with Gasteiger partial charge in [-0.25, -0.2) is 15.0 Å². The van der Waals surface area contributed by atoms with Gasteiger partial charge in [-0.2, -0.15) is 0 Å². The minimum Gasteiger partial charge on any atom is -0.383 e. The third-order valence-corrected chi connectivity index (χ3v) is 3.26. The fourth-order valence-electron chi connectivity index (χ4n) is 2.03. The van der Waals surface area contributed by atoms with Crippen molar-refractivity contribution in [3.8, 4) is 0 Å². The Labute approximate surface area is 126 Å². The van der Waals surface area contributed by atoms with Crippen molar-refractivity contribution in [2.75, 3.05) is 19.0 Å². The number of ether oxygens (including phenoxy) is 1. The van der Waals surface area contributed by atoms with E-state index < -0.39 is 0 Å². The highest BCUT2D eigenvalue weighted by Gasteiger charge is 2.10.